The Morgan fingerprint density at radius 3 is 2.21 bits per heavy atom. The zero-order valence-electron chi connectivity index (χ0n) is 24.6. The fraction of sp³-hybridized carbons (Fsp3) is 0.361. The lowest BCUT2D eigenvalue weighted by Crippen LogP contribution is -2.42. The smallest absolute Gasteiger partial charge is 0.309 e. The molecule has 7 nitrogen and oxygen atoms in total. The van der Waals surface area contributed by atoms with Crippen molar-refractivity contribution in [3.8, 4) is 0 Å². The molecule has 2 amide bonds. The zero-order valence-corrected chi connectivity index (χ0v) is 24.6. The number of ether oxygens (including phenoxy) is 1. The van der Waals surface area contributed by atoms with Crippen LogP contribution in [-0.2, 0) is 32.0 Å². The Labute approximate surface area is 254 Å². The summed E-state index contributed by atoms with van der Waals surface area (Å²) in [5, 5.41) is 15.8. The first-order chi connectivity index (χ1) is 21.0. The maximum absolute atomic E-state index is 13.6. The van der Waals surface area contributed by atoms with Gasteiger partial charge in [-0.05, 0) is 55.2 Å². The van der Waals surface area contributed by atoms with Crippen LogP contribution in [0.3, 0.4) is 0 Å². The summed E-state index contributed by atoms with van der Waals surface area (Å²) in [4.78, 5) is 40.0. The van der Waals surface area contributed by atoms with Gasteiger partial charge in [-0.1, -0.05) is 103 Å². The van der Waals surface area contributed by atoms with Gasteiger partial charge in [-0.25, -0.2) is 0 Å². The highest BCUT2D eigenvalue weighted by molar-refractivity contribution is 5.86. The standard InChI is InChI=1S/C36H42N2O5/c39-25-32(23-28-16-8-4-9-17-28)37-34(40)24-30-20-10-1-2-11-21-31(22-27-14-6-3-7-15-27)36(42)43-26-33(38-35(30)41)29-18-12-5-13-19-29/h1,3-10,12-19,30-33,39H,2,11,20-26H2,(H,37,40)(H,38,41)/t30-,31-,32-,33+/m1/s1. The molecule has 4 rings (SSSR count). The van der Waals surface area contributed by atoms with Crippen molar-refractivity contribution in [3.63, 3.8) is 0 Å². The number of amides is 2. The van der Waals surface area contributed by atoms with E-state index in [9.17, 15) is 19.5 Å². The Morgan fingerprint density at radius 1 is 0.884 bits per heavy atom. The third-order valence-corrected chi connectivity index (χ3v) is 7.79. The molecule has 0 saturated carbocycles. The van der Waals surface area contributed by atoms with E-state index in [4.69, 9.17) is 4.74 Å². The Kier molecular flexibility index (Phi) is 12.5. The number of rotatable bonds is 9. The molecule has 43 heavy (non-hydrogen) atoms. The second-order valence-corrected chi connectivity index (χ2v) is 11.2. The van der Waals surface area contributed by atoms with Gasteiger partial charge in [-0.15, -0.1) is 0 Å². The van der Waals surface area contributed by atoms with Gasteiger partial charge in [-0.2, -0.15) is 0 Å². The summed E-state index contributed by atoms with van der Waals surface area (Å²) in [7, 11) is 0. The zero-order chi connectivity index (χ0) is 30.3. The number of aliphatic hydroxyl groups excluding tert-OH is 1. The predicted molar refractivity (Wildman–Crippen MR) is 167 cm³/mol. The van der Waals surface area contributed by atoms with Crippen LogP contribution in [-0.4, -0.2) is 42.1 Å². The minimum absolute atomic E-state index is 0.00169. The fourth-order valence-electron chi connectivity index (χ4n) is 5.40. The molecule has 0 fully saturated rings. The third kappa shape index (κ3) is 10.5. The normalized spacial score (nSPS) is 20.7. The highest BCUT2D eigenvalue weighted by Gasteiger charge is 2.27. The van der Waals surface area contributed by atoms with Gasteiger partial charge in [-0.3, -0.25) is 14.4 Å². The van der Waals surface area contributed by atoms with Gasteiger partial charge in [0.25, 0.3) is 0 Å². The van der Waals surface area contributed by atoms with E-state index in [1.807, 2.05) is 103 Å². The van der Waals surface area contributed by atoms with Crippen LogP contribution in [0, 0.1) is 11.8 Å². The van der Waals surface area contributed by atoms with Gasteiger partial charge in [0, 0.05) is 6.42 Å². The Balaban J connectivity index is 1.47. The summed E-state index contributed by atoms with van der Waals surface area (Å²) in [5.74, 6) is -1.76. The van der Waals surface area contributed by atoms with Crippen molar-refractivity contribution in [2.75, 3.05) is 13.2 Å². The summed E-state index contributed by atoms with van der Waals surface area (Å²) in [5.41, 5.74) is 2.91. The largest absolute Gasteiger partial charge is 0.463 e. The Hall–Kier alpha value is -4.23. The topological polar surface area (TPSA) is 105 Å². The maximum atomic E-state index is 13.6. The molecule has 0 aromatic heterocycles. The van der Waals surface area contributed by atoms with E-state index in [-0.39, 0.29) is 43.3 Å². The molecule has 0 radical (unpaired) electrons. The number of carbonyl (C=O) groups is 3. The van der Waals surface area contributed by atoms with Crippen molar-refractivity contribution in [2.24, 2.45) is 11.8 Å². The van der Waals surface area contributed by atoms with E-state index in [0.29, 0.717) is 25.7 Å². The van der Waals surface area contributed by atoms with Gasteiger partial charge in [0.15, 0.2) is 0 Å². The lowest BCUT2D eigenvalue weighted by Gasteiger charge is -2.25. The minimum atomic E-state index is -0.622. The average molecular weight is 583 g/mol. The molecule has 0 bridgehead atoms. The van der Waals surface area contributed by atoms with Crippen LogP contribution in [0.25, 0.3) is 0 Å². The molecule has 0 saturated heterocycles. The van der Waals surface area contributed by atoms with Crippen molar-refractivity contribution < 1.29 is 24.2 Å². The molecule has 0 spiro atoms. The summed E-state index contributed by atoms with van der Waals surface area (Å²) in [6.45, 7) is -0.206. The number of cyclic esters (lactones) is 1. The summed E-state index contributed by atoms with van der Waals surface area (Å²) in [6.07, 6.45) is 7.70. The quantitative estimate of drug-likeness (QED) is 0.241. The number of allylic oxidation sites excluding steroid dienone is 2. The highest BCUT2D eigenvalue weighted by Crippen LogP contribution is 2.22. The molecule has 3 aromatic carbocycles. The van der Waals surface area contributed by atoms with Crippen molar-refractivity contribution >= 4 is 17.8 Å². The molecule has 1 aliphatic rings. The van der Waals surface area contributed by atoms with E-state index in [2.05, 4.69) is 10.6 Å². The number of hydrogen-bond donors (Lipinski definition) is 3. The Morgan fingerprint density at radius 2 is 1.53 bits per heavy atom. The Bertz CT molecular complexity index is 1310. The number of benzene rings is 3. The molecule has 1 heterocycles. The molecular weight excluding hydrogens is 540 g/mol. The second-order valence-electron chi connectivity index (χ2n) is 11.2. The highest BCUT2D eigenvalue weighted by atomic mass is 16.5. The van der Waals surface area contributed by atoms with E-state index < -0.39 is 18.0 Å². The first-order valence-corrected chi connectivity index (χ1v) is 15.2. The minimum Gasteiger partial charge on any atom is -0.463 e. The van der Waals surface area contributed by atoms with Crippen molar-refractivity contribution in [2.45, 2.75) is 57.0 Å². The fourth-order valence-corrected chi connectivity index (χ4v) is 5.40. The van der Waals surface area contributed by atoms with Gasteiger partial charge in [0.05, 0.1) is 30.5 Å². The van der Waals surface area contributed by atoms with Crippen molar-refractivity contribution in [3.05, 3.63) is 120 Å². The van der Waals surface area contributed by atoms with Crippen molar-refractivity contribution in [1.82, 2.24) is 10.6 Å². The van der Waals surface area contributed by atoms with E-state index >= 15 is 0 Å². The van der Waals surface area contributed by atoms with Gasteiger partial charge >= 0.3 is 5.97 Å². The van der Waals surface area contributed by atoms with Gasteiger partial charge in [0.2, 0.25) is 11.8 Å². The van der Waals surface area contributed by atoms with Crippen molar-refractivity contribution in [1.29, 1.82) is 0 Å². The number of nitrogens with one attached hydrogen (secondary N) is 2. The first-order valence-electron chi connectivity index (χ1n) is 15.2. The molecular formula is C36H42N2O5. The molecule has 4 atom stereocenters. The van der Waals surface area contributed by atoms with Crippen LogP contribution in [0.4, 0.5) is 0 Å². The van der Waals surface area contributed by atoms with Gasteiger partial charge in [0.1, 0.15) is 6.61 Å². The third-order valence-electron chi connectivity index (χ3n) is 7.79. The first kappa shape index (κ1) is 31.7. The molecule has 0 aliphatic carbocycles. The van der Waals surface area contributed by atoms with Crippen LogP contribution in [0.5, 0.6) is 0 Å². The second kappa shape index (κ2) is 17.0. The summed E-state index contributed by atoms with van der Waals surface area (Å²) < 4.78 is 5.85. The average Bonchev–Trinajstić information content (AvgIpc) is 3.03. The number of esters is 1. The summed E-state index contributed by atoms with van der Waals surface area (Å²) >= 11 is 0. The monoisotopic (exact) mass is 582 g/mol. The van der Waals surface area contributed by atoms with E-state index in [0.717, 1.165) is 29.5 Å². The van der Waals surface area contributed by atoms with E-state index in [1.165, 1.54) is 0 Å². The number of hydrogen-bond acceptors (Lipinski definition) is 5. The molecule has 1 aliphatic heterocycles. The number of aliphatic hydroxyl groups is 1. The van der Waals surface area contributed by atoms with Crippen LogP contribution >= 0.6 is 0 Å². The molecule has 0 unspecified atom stereocenters. The van der Waals surface area contributed by atoms with Crippen LogP contribution in [0.15, 0.2) is 103 Å². The van der Waals surface area contributed by atoms with Crippen LogP contribution in [0.1, 0.15) is 54.8 Å². The molecule has 7 heteroatoms. The van der Waals surface area contributed by atoms with Gasteiger partial charge < -0.3 is 20.5 Å². The molecule has 3 N–H and O–H groups in total. The van der Waals surface area contributed by atoms with Crippen LogP contribution < -0.4 is 10.6 Å². The summed E-state index contributed by atoms with van der Waals surface area (Å²) in [6, 6.07) is 28.0. The lowest BCUT2D eigenvalue weighted by molar-refractivity contribution is -0.150. The van der Waals surface area contributed by atoms with Crippen LogP contribution in [0.2, 0.25) is 0 Å². The maximum Gasteiger partial charge on any atom is 0.309 e. The number of carbonyl (C=O) groups excluding carboxylic acids is 3. The molecule has 226 valence electrons. The predicted octanol–water partition coefficient (Wildman–Crippen LogP) is 5.10. The molecule has 3 aromatic rings. The lowest BCUT2D eigenvalue weighted by atomic mass is 9.93. The SMILES string of the molecule is O=C(C[C@H]1CC=CCCC[C@H](Cc2ccccc2)C(=O)OC[C@@H](c2ccccc2)NC1=O)N[C@@H](CO)Cc1ccccc1. The van der Waals surface area contributed by atoms with E-state index in [1.54, 1.807) is 0 Å².